The summed E-state index contributed by atoms with van der Waals surface area (Å²) < 4.78 is 0. The lowest BCUT2D eigenvalue weighted by Crippen LogP contribution is -2.49. The zero-order valence-electron chi connectivity index (χ0n) is 10.8. The highest BCUT2D eigenvalue weighted by Gasteiger charge is 2.36. The Bertz CT molecular complexity index is 609. The summed E-state index contributed by atoms with van der Waals surface area (Å²) in [7, 11) is 1.78. The minimum Gasteiger partial charge on any atom is -0.319 e. The van der Waals surface area contributed by atoms with Gasteiger partial charge in [-0.15, -0.1) is 0 Å². The molecule has 2 N–H and O–H groups in total. The van der Waals surface area contributed by atoms with Crippen molar-refractivity contribution in [1.82, 2.24) is 0 Å². The van der Waals surface area contributed by atoms with Crippen molar-refractivity contribution in [3.8, 4) is 0 Å². The number of benzene rings is 2. The largest absolute Gasteiger partial charge is 0.319 e. The Morgan fingerprint density at radius 2 is 1.63 bits per heavy atom. The van der Waals surface area contributed by atoms with Gasteiger partial charge in [0, 0.05) is 18.7 Å². The zero-order chi connectivity index (χ0) is 13.4. The summed E-state index contributed by atoms with van der Waals surface area (Å²) in [5, 5.41) is 0. The monoisotopic (exact) mass is 252 g/mol. The van der Waals surface area contributed by atoms with Gasteiger partial charge in [-0.1, -0.05) is 48.5 Å². The lowest BCUT2D eigenvalue weighted by Gasteiger charge is -2.36. The van der Waals surface area contributed by atoms with E-state index in [0.717, 1.165) is 16.8 Å². The lowest BCUT2D eigenvalue weighted by atomic mass is 9.81. The number of para-hydroxylation sites is 1. The Kier molecular flexibility index (Phi) is 2.84. The average Bonchev–Trinajstić information content (AvgIpc) is 2.46. The summed E-state index contributed by atoms with van der Waals surface area (Å²) in [5.74, 6) is -0.103. The molecule has 2 aromatic rings. The second-order valence-electron chi connectivity index (χ2n) is 4.87. The first kappa shape index (κ1) is 11.9. The van der Waals surface area contributed by atoms with E-state index in [9.17, 15) is 4.79 Å². The second-order valence-corrected chi connectivity index (χ2v) is 4.87. The van der Waals surface area contributed by atoms with Crippen LogP contribution in [0.15, 0.2) is 54.6 Å². The van der Waals surface area contributed by atoms with Crippen LogP contribution in [0.25, 0.3) is 0 Å². The van der Waals surface area contributed by atoms with Gasteiger partial charge in [-0.05, 0) is 17.2 Å². The van der Waals surface area contributed by atoms with Crippen molar-refractivity contribution < 1.29 is 4.79 Å². The van der Waals surface area contributed by atoms with Gasteiger partial charge < -0.3 is 10.6 Å². The Labute approximate surface area is 112 Å². The van der Waals surface area contributed by atoms with Gasteiger partial charge in [-0.3, -0.25) is 4.79 Å². The Morgan fingerprint density at radius 3 is 2.37 bits per heavy atom. The molecule has 0 bridgehead atoms. The van der Waals surface area contributed by atoms with Crippen LogP contribution in [0.5, 0.6) is 0 Å². The number of hydrogen-bond acceptors (Lipinski definition) is 2. The van der Waals surface area contributed by atoms with Gasteiger partial charge >= 0.3 is 0 Å². The van der Waals surface area contributed by atoms with Gasteiger partial charge in [-0.25, -0.2) is 0 Å². The van der Waals surface area contributed by atoms with Crippen molar-refractivity contribution in [3.05, 3.63) is 65.7 Å². The Balaban J connectivity index is 2.19. The van der Waals surface area contributed by atoms with Crippen LogP contribution < -0.4 is 10.6 Å². The van der Waals surface area contributed by atoms with Gasteiger partial charge in [-0.2, -0.15) is 0 Å². The standard InChI is InChI=1S/C16H16N2O/c1-18-13-10-6-5-9-12(13)14(15(17)16(18)19)11-7-3-2-4-8-11/h2-10,14-15H,17H2,1H3/t14-,15+/m1/s1. The van der Waals surface area contributed by atoms with Gasteiger partial charge in [0.2, 0.25) is 5.91 Å². The van der Waals surface area contributed by atoms with Crippen LogP contribution in [-0.4, -0.2) is 19.0 Å². The molecule has 3 nitrogen and oxygen atoms in total. The summed E-state index contributed by atoms with van der Waals surface area (Å²) in [4.78, 5) is 13.9. The van der Waals surface area contributed by atoms with Crippen molar-refractivity contribution in [2.45, 2.75) is 12.0 Å². The maximum atomic E-state index is 12.3. The maximum Gasteiger partial charge on any atom is 0.244 e. The number of likely N-dealkylation sites (N-methyl/N-ethyl adjacent to an activating group) is 1. The molecule has 1 heterocycles. The highest BCUT2D eigenvalue weighted by molar-refractivity contribution is 6.01. The highest BCUT2D eigenvalue weighted by atomic mass is 16.2. The third-order valence-corrected chi connectivity index (χ3v) is 3.77. The van der Waals surface area contributed by atoms with Crippen molar-refractivity contribution in [2.75, 3.05) is 11.9 Å². The van der Waals surface area contributed by atoms with Crippen molar-refractivity contribution >= 4 is 11.6 Å². The van der Waals surface area contributed by atoms with E-state index in [2.05, 4.69) is 6.07 Å². The van der Waals surface area contributed by atoms with E-state index in [4.69, 9.17) is 5.73 Å². The van der Waals surface area contributed by atoms with E-state index in [1.54, 1.807) is 11.9 Å². The van der Waals surface area contributed by atoms with E-state index < -0.39 is 6.04 Å². The molecule has 1 aliphatic heterocycles. The average molecular weight is 252 g/mol. The molecule has 2 atom stereocenters. The fourth-order valence-corrected chi connectivity index (χ4v) is 2.78. The second kappa shape index (κ2) is 4.52. The van der Waals surface area contributed by atoms with Crippen LogP contribution in [0, 0.1) is 0 Å². The van der Waals surface area contributed by atoms with E-state index in [1.165, 1.54) is 0 Å². The number of amides is 1. The quantitative estimate of drug-likeness (QED) is 0.845. The van der Waals surface area contributed by atoms with Crippen molar-refractivity contribution in [1.29, 1.82) is 0 Å². The molecule has 0 aliphatic carbocycles. The lowest BCUT2D eigenvalue weighted by molar-refractivity contribution is -0.120. The molecule has 96 valence electrons. The van der Waals surface area contributed by atoms with Gasteiger partial charge in [0.15, 0.2) is 0 Å². The van der Waals surface area contributed by atoms with E-state index >= 15 is 0 Å². The first-order valence-corrected chi connectivity index (χ1v) is 6.37. The molecular weight excluding hydrogens is 236 g/mol. The molecule has 1 aliphatic rings. The van der Waals surface area contributed by atoms with Crippen LogP contribution in [0.2, 0.25) is 0 Å². The van der Waals surface area contributed by atoms with E-state index in [0.29, 0.717) is 0 Å². The van der Waals surface area contributed by atoms with Crippen LogP contribution in [0.3, 0.4) is 0 Å². The molecule has 3 rings (SSSR count). The Morgan fingerprint density at radius 1 is 1.00 bits per heavy atom. The van der Waals surface area contributed by atoms with Crippen LogP contribution in [0.1, 0.15) is 17.0 Å². The van der Waals surface area contributed by atoms with E-state index in [1.807, 2.05) is 48.5 Å². The number of nitrogens with zero attached hydrogens (tertiary/aromatic N) is 1. The molecule has 0 saturated carbocycles. The number of carbonyl (C=O) groups excluding carboxylic acids is 1. The van der Waals surface area contributed by atoms with Gasteiger partial charge in [0.1, 0.15) is 0 Å². The third kappa shape index (κ3) is 1.83. The maximum absolute atomic E-state index is 12.3. The summed E-state index contributed by atoms with van der Waals surface area (Å²) in [6, 6.07) is 17.4. The topological polar surface area (TPSA) is 46.3 Å². The molecular formula is C16H16N2O. The molecule has 0 unspecified atom stereocenters. The minimum absolute atomic E-state index is 0.0347. The first-order valence-electron chi connectivity index (χ1n) is 6.37. The number of rotatable bonds is 1. The summed E-state index contributed by atoms with van der Waals surface area (Å²) in [5.41, 5.74) is 9.32. The van der Waals surface area contributed by atoms with Crippen molar-refractivity contribution in [2.24, 2.45) is 5.73 Å². The predicted molar refractivity (Wildman–Crippen MR) is 76.1 cm³/mol. The Hall–Kier alpha value is -2.13. The SMILES string of the molecule is CN1C(=O)[C@@H](N)[C@H](c2ccccc2)c2ccccc21. The smallest absolute Gasteiger partial charge is 0.244 e. The normalized spacial score (nSPS) is 22.2. The first-order chi connectivity index (χ1) is 9.20. The molecule has 0 radical (unpaired) electrons. The summed E-state index contributed by atoms with van der Waals surface area (Å²) >= 11 is 0. The minimum atomic E-state index is -0.526. The number of nitrogens with two attached hydrogens (primary N) is 1. The van der Waals surface area contributed by atoms with Crippen LogP contribution in [0.4, 0.5) is 5.69 Å². The predicted octanol–water partition coefficient (Wildman–Crippen LogP) is 2.12. The van der Waals surface area contributed by atoms with Crippen LogP contribution >= 0.6 is 0 Å². The van der Waals surface area contributed by atoms with E-state index in [-0.39, 0.29) is 11.8 Å². The number of anilines is 1. The fraction of sp³-hybridized carbons (Fsp3) is 0.188. The highest BCUT2D eigenvalue weighted by Crippen LogP contribution is 2.38. The number of carbonyl (C=O) groups is 1. The molecule has 1 amide bonds. The summed E-state index contributed by atoms with van der Waals surface area (Å²) in [6.07, 6.45) is 0. The molecule has 3 heteroatoms. The molecule has 0 saturated heterocycles. The van der Waals surface area contributed by atoms with Gasteiger partial charge in [0.25, 0.3) is 0 Å². The number of hydrogen-bond donors (Lipinski definition) is 1. The molecule has 2 aromatic carbocycles. The third-order valence-electron chi connectivity index (χ3n) is 3.77. The molecule has 0 fully saturated rings. The van der Waals surface area contributed by atoms with Crippen LogP contribution in [-0.2, 0) is 4.79 Å². The molecule has 0 spiro atoms. The fourth-order valence-electron chi connectivity index (χ4n) is 2.78. The molecule has 19 heavy (non-hydrogen) atoms. The summed E-state index contributed by atoms with van der Waals surface area (Å²) in [6.45, 7) is 0. The van der Waals surface area contributed by atoms with Crippen molar-refractivity contribution in [3.63, 3.8) is 0 Å². The molecule has 0 aromatic heterocycles. The number of fused-ring (bicyclic) bond motifs is 1. The van der Waals surface area contributed by atoms with Gasteiger partial charge in [0.05, 0.1) is 6.04 Å². The zero-order valence-corrected chi connectivity index (χ0v) is 10.8.